The molecule has 132 valence electrons. The summed E-state index contributed by atoms with van der Waals surface area (Å²) in [5.74, 6) is 0. The average Bonchev–Trinajstić information content (AvgIpc) is 2.58. The lowest BCUT2D eigenvalue weighted by atomic mass is 9.71. The first kappa shape index (κ1) is 17.3. The number of carbonyl (C=O) groups excluding carboxylic acids is 1. The summed E-state index contributed by atoms with van der Waals surface area (Å²) in [7, 11) is 0. The summed E-state index contributed by atoms with van der Waals surface area (Å²) in [5.41, 5.74) is 3.94. The number of hydrogen-bond donors (Lipinski definition) is 3. The number of hydrogen-bond acceptors (Lipinski definition) is 2. The van der Waals surface area contributed by atoms with Gasteiger partial charge >= 0.3 is 6.03 Å². The molecule has 1 aliphatic carbocycles. The van der Waals surface area contributed by atoms with Gasteiger partial charge in [0.15, 0.2) is 0 Å². The first-order chi connectivity index (χ1) is 11.9. The van der Waals surface area contributed by atoms with Crippen LogP contribution in [0, 0.1) is 6.92 Å². The third-order valence-electron chi connectivity index (χ3n) is 4.99. The van der Waals surface area contributed by atoms with Gasteiger partial charge in [-0.2, -0.15) is 0 Å². The lowest BCUT2D eigenvalue weighted by Crippen LogP contribution is -2.41. The second kappa shape index (κ2) is 6.75. The molecule has 0 saturated heterocycles. The molecule has 0 saturated carbocycles. The molecule has 5 nitrogen and oxygen atoms in total. The molecule has 3 rings (SSSR count). The van der Waals surface area contributed by atoms with Crippen molar-refractivity contribution in [2.45, 2.75) is 51.6 Å². The molecule has 5 heteroatoms. The van der Waals surface area contributed by atoms with Crippen molar-refractivity contribution in [2.75, 3.05) is 0 Å². The highest BCUT2D eigenvalue weighted by Crippen LogP contribution is 2.41. The van der Waals surface area contributed by atoms with Crippen LogP contribution in [0.5, 0.6) is 0 Å². The largest absolute Gasteiger partial charge is 0.334 e. The van der Waals surface area contributed by atoms with Crippen molar-refractivity contribution >= 4 is 6.03 Å². The Bertz CT molecular complexity index is 839. The Kier molecular flexibility index (Phi) is 4.66. The van der Waals surface area contributed by atoms with Gasteiger partial charge in [0, 0.05) is 18.3 Å². The first-order valence-corrected chi connectivity index (χ1v) is 8.69. The Morgan fingerprint density at radius 1 is 1.32 bits per heavy atom. The maximum absolute atomic E-state index is 12.3. The second-order valence-corrected chi connectivity index (χ2v) is 7.42. The van der Waals surface area contributed by atoms with E-state index >= 15 is 0 Å². The van der Waals surface area contributed by atoms with E-state index in [0.29, 0.717) is 5.56 Å². The molecule has 0 spiro atoms. The molecule has 1 aromatic carbocycles. The number of fused-ring (bicyclic) bond motifs is 1. The van der Waals surface area contributed by atoms with Gasteiger partial charge < -0.3 is 15.6 Å². The highest BCUT2D eigenvalue weighted by molar-refractivity contribution is 5.74. The van der Waals surface area contributed by atoms with Crippen molar-refractivity contribution in [1.82, 2.24) is 15.6 Å². The van der Waals surface area contributed by atoms with Gasteiger partial charge in [-0.05, 0) is 47.9 Å². The molecule has 1 unspecified atom stereocenters. The minimum absolute atomic E-state index is 0.0000175. The maximum Gasteiger partial charge on any atom is 0.315 e. The third kappa shape index (κ3) is 3.76. The van der Waals surface area contributed by atoms with Crippen LogP contribution < -0.4 is 16.2 Å². The Labute approximate surface area is 147 Å². The van der Waals surface area contributed by atoms with Crippen LogP contribution in [0.4, 0.5) is 4.79 Å². The van der Waals surface area contributed by atoms with Gasteiger partial charge in [-0.3, -0.25) is 4.79 Å². The van der Waals surface area contributed by atoms with Crippen LogP contribution in [0.2, 0.25) is 0 Å². The molecule has 1 heterocycles. The van der Waals surface area contributed by atoms with Crippen molar-refractivity contribution in [3.8, 4) is 0 Å². The number of urea groups is 1. The van der Waals surface area contributed by atoms with Gasteiger partial charge in [0.05, 0.1) is 6.04 Å². The smallest absolute Gasteiger partial charge is 0.315 e. The monoisotopic (exact) mass is 339 g/mol. The van der Waals surface area contributed by atoms with Crippen molar-refractivity contribution < 1.29 is 4.79 Å². The van der Waals surface area contributed by atoms with E-state index in [-0.39, 0.29) is 29.6 Å². The quantitative estimate of drug-likeness (QED) is 0.803. The van der Waals surface area contributed by atoms with Gasteiger partial charge in [0.1, 0.15) is 0 Å². The number of aromatic amines is 1. The summed E-state index contributed by atoms with van der Waals surface area (Å²) in [6.45, 7) is 6.60. The van der Waals surface area contributed by atoms with Crippen LogP contribution in [-0.2, 0) is 12.0 Å². The molecule has 1 aromatic heterocycles. The van der Waals surface area contributed by atoms with Gasteiger partial charge in [0.2, 0.25) is 0 Å². The van der Waals surface area contributed by atoms with E-state index in [4.69, 9.17) is 0 Å². The Morgan fingerprint density at radius 3 is 2.88 bits per heavy atom. The Morgan fingerprint density at radius 2 is 2.08 bits per heavy atom. The van der Waals surface area contributed by atoms with E-state index in [1.54, 1.807) is 12.3 Å². The number of nitrogens with one attached hydrogen (secondary N) is 3. The van der Waals surface area contributed by atoms with E-state index in [9.17, 15) is 9.59 Å². The number of pyridine rings is 1. The van der Waals surface area contributed by atoms with Crippen molar-refractivity contribution in [3.05, 3.63) is 69.1 Å². The molecule has 0 radical (unpaired) electrons. The predicted octanol–water partition coefficient (Wildman–Crippen LogP) is 3.30. The molecule has 2 aromatic rings. The van der Waals surface area contributed by atoms with Crippen molar-refractivity contribution in [3.63, 3.8) is 0 Å². The van der Waals surface area contributed by atoms with Crippen LogP contribution in [0.3, 0.4) is 0 Å². The number of carbonyl (C=O) groups is 1. The standard InChI is InChI=1S/C20H25N3O2/c1-13-10-14(18(24)21-11-13)12-22-19(25)23-17-8-9-20(2,3)16-7-5-4-6-15(16)17/h4-7,10-11,17H,8-9,12H2,1-3H3,(H,21,24)(H2,22,23,25). The molecule has 1 aliphatic rings. The SMILES string of the molecule is Cc1c[nH]c(=O)c(CNC(=O)NC2CCC(C)(C)c3ccccc32)c1. The molecule has 1 atom stereocenters. The van der Waals surface area contributed by atoms with Crippen molar-refractivity contribution in [2.24, 2.45) is 0 Å². The summed E-state index contributed by atoms with van der Waals surface area (Å²) in [6, 6.07) is 9.84. The summed E-state index contributed by atoms with van der Waals surface area (Å²) < 4.78 is 0. The number of benzene rings is 1. The molecular formula is C20H25N3O2. The van der Waals surface area contributed by atoms with Gasteiger partial charge in [0.25, 0.3) is 5.56 Å². The second-order valence-electron chi connectivity index (χ2n) is 7.42. The van der Waals surface area contributed by atoms with Gasteiger partial charge in [-0.1, -0.05) is 38.1 Å². The zero-order chi connectivity index (χ0) is 18.0. The van der Waals surface area contributed by atoms with Crippen LogP contribution in [0.1, 0.15) is 55.0 Å². The number of aromatic nitrogens is 1. The molecule has 3 N–H and O–H groups in total. The van der Waals surface area contributed by atoms with E-state index in [2.05, 4.69) is 41.6 Å². The Balaban J connectivity index is 1.67. The summed E-state index contributed by atoms with van der Waals surface area (Å²) in [4.78, 5) is 26.8. The van der Waals surface area contributed by atoms with Crippen LogP contribution in [0.25, 0.3) is 0 Å². The maximum atomic E-state index is 12.3. The van der Waals surface area contributed by atoms with Crippen molar-refractivity contribution in [1.29, 1.82) is 0 Å². The van der Waals surface area contributed by atoms with Crippen LogP contribution in [-0.4, -0.2) is 11.0 Å². The number of rotatable bonds is 3. The molecule has 2 amide bonds. The first-order valence-electron chi connectivity index (χ1n) is 8.69. The fourth-order valence-electron chi connectivity index (χ4n) is 3.53. The fraction of sp³-hybridized carbons (Fsp3) is 0.400. The number of H-pyrrole nitrogens is 1. The lowest BCUT2D eigenvalue weighted by Gasteiger charge is -2.37. The van der Waals surface area contributed by atoms with E-state index in [1.165, 1.54) is 11.1 Å². The molecule has 0 bridgehead atoms. The minimum Gasteiger partial charge on any atom is -0.334 e. The zero-order valence-electron chi connectivity index (χ0n) is 15.0. The van der Waals surface area contributed by atoms with E-state index in [1.807, 2.05) is 19.1 Å². The normalized spacial score (nSPS) is 18.3. The van der Waals surface area contributed by atoms with Crippen LogP contribution >= 0.6 is 0 Å². The fourth-order valence-corrected chi connectivity index (χ4v) is 3.53. The molecular weight excluding hydrogens is 314 g/mol. The molecule has 0 aliphatic heterocycles. The zero-order valence-corrected chi connectivity index (χ0v) is 15.0. The van der Waals surface area contributed by atoms with E-state index < -0.39 is 0 Å². The third-order valence-corrected chi connectivity index (χ3v) is 4.99. The van der Waals surface area contributed by atoms with E-state index in [0.717, 1.165) is 18.4 Å². The molecule has 25 heavy (non-hydrogen) atoms. The molecule has 0 fully saturated rings. The summed E-state index contributed by atoms with van der Waals surface area (Å²) in [6.07, 6.45) is 3.58. The topological polar surface area (TPSA) is 74.0 Å². The summed E-state index contributed by atoms with van der Waals surface area (Å²) in [5, 5.41) is 5.85. The van der Waals surface area contributed by atoms with Gasteiger partial charge in [-0.15, -0.1) is 0 Å². The summed E-state index contributed by atoms with van der Waals surface area (Å²) >= 11 is 0. The van der Waals surface area contributed by atoms with Crippen LogP contribution in [0.15, 0.2) is 41.3 Å². The predicted molar refractivity (Wildman–Crippen MR) is 98.6 cm³/mol. The lowest BCUT2D eigenvalue weighted by molar-refractivity contribution is 0.233. The number of aryl methyl sites for hydroxylation is 1. The number of amides is 2. The Hall–Kier alpha value is -2.56. The highest BCUT2D eigenvalue weighted by Gasteiger charge is 2.32. The van der Waals surface area contributed by atoms with Gasteiger partial charge in [-0.25, -0.2) is 4.79 Å². The highest BCUT2D eigenvalue weighted by atomic mass is 16.2. The minimum atomic E-state index is -0.250. The average molecular weight is 339 g/mol.